The molecule has 2 aromatic rings. The van der Waals surface area contributed by atoms with Crippen molar-refractivity contribution >= 4 is 5.97 Å². The topological polar surface area (TPSA) is 88.2 Å². The molecule has 18 heavy (non-hydrogen) atoms. The van der Waals surface area contributed by atoms with Gasteiger partial charge in [0.2, 0.25) is 0 Å². The van der Waals surface area contributed by atoms with Crippen molar-refractivity contribution in [1.29, 1.82) is 0 Å². The summed E-state index contributed by atoms with van der Waals surface area (Å²) >= 11 is 0. The number of pyridine rings is 1. The maximum atomic E-state index is 10.6. The summed E-state index contributed by atoms with van der Waals surface area (Å²) in [5.41, 5.74) is 0.969. The molecule has 2 heterocycles. The van der Waals surface area contributed by atoms with Gasteiger partial charge in [0.25, 0.3) is 0 Å². The van der Waals surface area contributed by atoms with Crippen molar-refractivity contribution in [3.05, 3.63) is 47.6 Å². The maximum Gasteiger partial charge on any atom is 0.358 e. The van der Waals surface area contributed by atoms with Gasteiger partial charge < -0.3 is 14.9 Å². The van der Waals surface area contributed by atoms with Gasteiger partial charge in [-0.15, -0.1) is 0 Å². The van der Waals surface area contributed by atoms with Crippen LogP contribution in [0.25, 0.3) is 0 Å². The molecule has 0 aliphatic carbocycles. The van der Waals surface area contributed by atoms with Crippen LogP contribution in [-0.4, -0.2) is 21.2 Å². The lowest BCUT2D eigenvalue weighted by Gasteiger charge is -2.11. The smallest absolute Gasteiger partial charge is 0.358 e. The number of rotatable bonds is 5. The minimum atomic E-state index is -1.09. The first-order valence-corrected chi connectivity index (χ1v) is 5.49. The summed E-state index contributed by atoms with van der Waals surface area (Å²) in [5.74, 6) is -0.603. The predicted octanol–water partition coefficient (Wildman–Crippen LogP) is 1.62. The molecule has 0 saturated heterocycles. The van der Waals surface area contributed by atoms with Gasteiger partial charge in [0.05, 0.1) is 6.54 Å². The molecule has 1 atom stereocenters. The maximum absolute atomic E-state index is 10.6. The van der Waals surface area contributed by atoms with E-state index < -0.39 is 5.97 Å². The first-order valence-electron chi connectivity index (χ1n) is 5.49. The molecule has 0 aromatic carbocycles. The highest BCUT2D eigenvalue weighted by molar-refractivity contribution is 5.85. The van der Waals surface area contributed by atoms with Crippen molar-refractivity contribution in [1.82, 2.24) is 15.5 Å². The van der Waals surface area contributed by atoms with Gasteiger partial charge in [0.15, 0.2) is 11.5 Å². The molecule has 94 valence electrons. The van der Waals surface area contributed by atoms with Gasteiger partial charge in [-0.05, 0) is 18.6 Å². The fourth-order valence-corrected chi connectivity index (χ4v) is 1.50. The van der Waals surface area contributed by atoms with Crippen molar-refractivity contribution in [3.63, 3.8) is 0 Å². The molecule has 6 heteroatoms. The van der Waals surface area contributed by atoms with E-state index in [1.807, 2.05) is 19.1 Å². The molecular weight excluding hydrogens is 234 g/mol. The van der Waals surface area contributed by atoms with Gasteiger partial charge in [0.1, 0.15) is 0 Å². The van der Waals surface area contributed by atoms with Crippen LogP contribution in [0.5, 0.6) is 0 Å². The highest BCUT2D eigenvalue weighted by Gasteiger charge is 2.11. The molecule has 2 aromatic heterocycles. The quantitative estimate of drug-likeness (QED) is 0.834. The summed E-state index contributed by atoms with van der Waals surface area (Å²) in [4.78, 5) is 14.7. The molecule has 0 amide bonds. The Balaban J connectivity index is 1.93. The number of carboxylic acids is 1. The fraction of sp³-hybridized carbons (Fsp3) is 0.250. The molecule has 2 N–H and O–H groups in total. The monoisotopic (exact) mass is 247 g/mol. The molecule has 0 unspecified atom stereocenters. The van der Waals surface area contributed by atoms with Gasteiger partial charge in [-0.3, -0.25) is 4.98 Å². The minimum absolute atomic E-state index is 0.0826. The number of carbonyl (C=O) groups is 1. The number of aromatic carboxylic acids is 1. The number of nitrogens with one attached hydrogen (secondary N) is 1. The third-order valence-corrected chi connectivity index (χ3v) is 2.54. The van der Waals surface area contributed by atoms with Crippen LogP contribution in [0, 0.1) is 0 Å². The molecule has 0 bridgehead atoms. The Labute approximate surface area is 104 Å². The van der Waals surface area contributed by atoms with Crippen LogP contribution in [0.2, 0.25) is 0 Å². The SMILES string of the molecule is C[C@@H](NCc1cc(C(=O)O)no1)c1cccnc1. The second kappa shape index (κ2) is 5.42. The molecule has 0 radical (unpaired) electrons. The van der Waals surface area contributed by atoms with E-state index in [1.54, 1.807) is 12.4 Å². The normalized spacial score (nSPS) is 12.3. The second-order valence-electron chi connectivity index (χ2n) is 3.87. The Kier molecular flexibility index (Phi) is 3.69. The van der Waals surface area contributed by atoms with Crippen LogP contribution in [-0.2, 0) is 6.54 Å². The second-order valence-corrected chi connectivity index (χ2v) is 3.87. The van der Waals surface area contributed by atoms with E-state index in [2.05, 4.69) is 15.5 Å². The fourth-order valence-electron chi connectivity index (χ4n) is 1.50. The van der Waals surface area contributed by atoms with E-state index in [1.165, 1.54) is 6.07 Å². The molecule has 2 rings (SSSR count). The van der Waals surface area contributed by atoms with E-state index in [4.69, 9.17) is 9.63 Å². The van der Waals surface area contributed by atoms with E-state index in [-0.39, 0.29) is 11.7 Å². The zero-order valence-electron chi connectivity index (χ0n) is 9.83. The molecular formula is C12H13N3O3. The average Bonchev–Trinajstić information content (AvgIpc) is 2.86. The summed E-state index contributed by atoms with van der Waals surface area (Å²) in [6, 6.07) is 5.33. The highest BCUT2D eigenvalue weighted by atomic mass is 16.5. The Hall–Kier alpha value is -2.21. The summed E-state index contributed by atoms with van der Waals surface area (Å²) in [7, 11) is 0. The average molecular weight is 247 g/mol. The van der Waals surface area contributed by atoms with Crippen LogP contribution in [0.1, 0.15) is 34.8 Å². The zero-order valence-corrected chi connectivity index (χ0v) is 9.83. The van der Waals surface area contributed by atoms with Crippen LogP contribution < -0.4 is 5.32 Å². The van der Waals surface area contributed by atoms with Crippen LogP contribution in [0.15, 0.2) is 35.1 Å². The van der Waals surface area contributed by atoms with Gasteiger partial charge >= 0.3 is 5.97 Å². The number of carboxylic acid groups (broad SMARTS) is 1. The Bertz CT molecular complexity index is 524. The van der Waals surface area contributed by atoms with Gasteiger partial charge in [-0.1, -0.05) is 11.2 Å². The number of nitrogens with zero attached hydrogens (tertiary/aromatic N) is 2. The van der Waals surface area contributed by atoms with Gasteiger partial charge in [-0.2, -0.15) is 0 Å². The van der Waals surface area contributed by atoms with Gasteiger partial charge in [-0.25, -0.2) is 4.79 Å². The van der Waals surface area contributed by atoms with Crippen molar-refractivity contribution < 1.29 is 14.4 Å². The van der Waals surface area contributed by atoms with Crippen LogP contribution in [0.4, 0.5) is 0 Å². The number of aromatic nitrogens is 2. The van der Waals surface area contributed by atoms with Crippen molar-refractivity contribution in [3.8, 4) is 0 Å². The highest BCUT2D eigenvalue weighted by Crippen LogP contribution is 2.11. The van der Waals surface area contributed by atoms with Crippen molar-refractivity contribution in [2.24, 2.45) is 0 Å². The molecule has 0 spiro atoms. The standard InChI is InChI=1S/C12H13N3O3/c1-8(9-3-2-4-13-6-9)14-7-10-5-11(12(16)17)15-18-10/h2-6,8,14H,7H2,1H3,(H,16,17)/t8-/m1/s1. The van der Waals surface area contributed by atoms with E-state index >= 15 is 0 Å². The lowest BCUT2D eigenvalue weighted by atomic mass is 10.1. The summed E-state index contributed by atoms with van der Waals surface area (Å²) in [6.45, 7) is 2.40. The lowest BCUT2D eigenvalue weighted by molar-refractivity contribution is 0.0685. The summed E-state index contributed by atoms with van der Waals surface area (Å²) < 4.78 is 4.90. The Morgan fingerprint density at radius 1 is 1.61 bits per heavy atom. The molecule has 0 saturated carbocycles. The first-order chi connectivity index (χ1) is 8.66. The summed E-state index contributed by atoms with van der Waals surface area (Å²) in [5, 5.41) is 15.3. The minimum Gasteiger partial charge on any atom is -0.476 e. The van der Waals surface area contributed by atoms with Gasteiger partial charge in [0, 0.05) is 24.5 Å². The Morgan fingerprint density at radius 3 is 3.06 bits per heavy atom. The number of hydrogen-bond donors (Lipinski definition) is 2. The third kappa shape index (κ3) is 2.92. The van der Waals surface area contributed by atoms with Crippen LogP contribution in [0.3, 0.4) is 0 Å². The predicted molar refractivity (Wildman–Crippen MR) is 63.0 cm³/mol. The van der Waals surface area contributed by atoms with E-state index in [0.29, 0.717) is 12.3 Å². The molecule has 0 fully saturated rings. The largest absolute Gasteiger partial charge is 0.476 e. The van der Waals surface area contributed by atoms with E-state index in [9.17, 15) is 4.79 Å². The van der Waals surface area contributed by atoms with Crippen molar-refractivity contribution in [2.45, 2.75) is 19.5 Å². The number of hydrogen-bond acceptors (Lipinski definition) is 5. The Morgan fingerprint density at radius 2 is 2.44 bits per heavy atom. The van der Waals surface area contributed by atoms with Crippen molar-refractivity contribution in [2.75, 3.05) is 0 Å². The molecule has 0 aliphatic heterocycles. The third-order valence-electron chi connectivity index (χ3n) is 2.54. The first kappa shape index (κ1) is 12.3. The zero-order chi connectivity index (χ0) is 13.0. The summed E-state index contributed by atoms with van der Waals surface area (Å²) in [6.07, 6.45) is 3.49. The molecule has 0 aliphatic rings. The lowest BCUT2D eigenvalue weighted by Crippen LogP contribution is -2.17. The van der Waals surface area contributed by atoms with E-state index in [0.717, 1.165) is 5.56 Å². The molecule has 6 nitrogen and oxygen atoms in total. The van der Waals surface area contributed by atoms with Crippen LogP contribution >= 0.6 is 0 Å².